The number of carbonyl (C=O) groups excluding carboxylic acids is 1. The summed E-state index contributed by atoms with van der Waals surface area (Å²) < 4.78 is 5.13. The SMILES string of the molecule is CC(=O)N[C@@H](CSSCc1ccco1)C(=O)O. The number of hydrogen-bond acceptors (Lipinski definition) is 5. The van der Waals surface area contributed by atoms with E-state index in [0.29, 0.717) is 11.5 Å². The minimum absolute atomic E-state index is 0.320. The molecular formula is C10H13NO4S2. The molecule has 1 heterocycles. The Hall–Kier alpha value is -1.08. The molecule has 2 N–H and O–H groups in total. The van der Waals surface area contributed by atoms with Crippen LogP contribution in [0.15, 0.2) is 22.8 Å². The van der Waals surface area contributed by atoms with E-state index in [4.69, 9.17) is 9.52 Å². The highest BCUT2D eigenvalue weighted by Gasteiger charge is 2.18. The molecule has 0 saturated carbocycles. The Morgan fingerprint density at radius 2 is 2.29 bits per heavy atom. The Morgan fingerprint density at radius 1 is 1.53 bits per heavy atom. The van der Waals surface area contributed by atoms with Gasteiger partial charge in [0.1, 0.15) is 11.8 Å². The van der Waals surface area contributed by atoms with Gasteiger partial charge in [-0.25, -0.2) is 4.79 Å². The summed E-state index contributed by atoms with van der Waals surface area (Å²) in [4.78, 5) is 21.6. The zero-order valence-electron chi connectivity index (χ0n) is 9.21. The number of rotatable bonds is 7. The molecule has 0 unspecified atom stereocenters. The fourth-order valence-electron chi connectivity index (χ4n) is 1.03. The summed E-state index contributed by atoms with van der Waals surface area (Å²) in [5.74, 6) is 0.471. The van der Waals surface area contributed by atoms with Crippen LogP contribution in [0.1, 0.15) is 12.7 Å². The molecule has 0 bridgehead atoms. The van der Waals surface area contributed by atoms with E-state index in [1.54, 1.807) is 12.3 Å². The Kier molecular flexibility index (Phi) is 5.99. The molecule has 0 aliphatic heterocycles. The molecule has 1 rings (SSSR count). The van der Waals surface area contributed by atoms with Gasteiger partial charge in [-0.05, 0) is 12.1 Å². The summed E-state index contributed by atoms with van der Waals surface area (Å²) in [6.07, 6.45) is 1.60. The van der Waals surface area contributed by atoms with Gasteiger partial charge in [-0.2, -0.15) is 0 Å². The molecule has 17 heavy (non-hydrogen) atoms. The van der Waals surface area contributed by atoms with Crippen molar-refractivity contribution >= 4 is 33.5 Å². The Bertz CT molecular complexity index is 366. The average Bonchev–Trinajstić information content (AvgIpc) is 2.74. The molecule has 0 radical (unpaired) electrons. The molecule has 7 heteroatoms. The van der Waals surface area contributed by atoms with Crippen LogP contribution in [0, 0.1) is 0 Å². The summed E-state index contributed by atoms with van der Waals surface area (Å²) >= 11 is 0. The maximum absolute atomic E-state index is 10.8. The zero-order chi connectivity index (χ0) is 12.7. The maximum Gasteiger partial charge on any atom is 0.327 e. The first-order valence-electron chi connectivity index (χ1n) is 4.86. The summed E-state index contributed by atoms with van der Waals surface area (Å²) in [7, 11) is 2.88. The van der Waals surface area contributed by atoms with Gasteiger partial charge in [-0.1, -0.05) is 21.6 Å². The summed E-state index contributed by atoms with van der Waals surface area (Å²) in [6.45, 7) is 1.30. The lowest BCUT2D eigenvalue weighted by Crippen LogP contribution is -2.41. The van der Waals surface area contributed by atoms with Gasteiger partial charge in [0, 0.05) is 12.7 Å². The van der Waals surface area contributed by atoms with Crippen molar-refractivity contribution in [2.75, 3.05) is 5.75 Å². The second-order valence-electron chi connectivity index (χ2n) is 3.22. The third-order valence-electron chi connectivity index (χ3n) is 1.77. The fourth-order valence-corrected chi connectivity index (χ4v) is 3.15. The second-order valence-corrected chi connectivity index (χ2v) is 5.73. The number of hydrogen-bond donors (Lipinski definition) is 2. The van der Waals surface area contributed by atoms with Gasteiger partial charge in [0.15, 0.2) is 0 Å². The standard InChI is InChI=1S/C10H13NO4S2/c1-7(12)11-9(10(13)14)6-17-16-5-8-3-2-4-15-8/h2-4,9H,5-6H2,1H3,(H,11,12)(H,13,14)/t9-/m0/s1. The summed E-state index contributed by atoms with van der Waals surface area (Å²) in [5, 5.41) is 11.2. The maximum atomic E-state index is 10.8. The first-order chi connectivity index (χ1) is 8.09. The second kappa shape index (κ2) is 7.29. The third kappa shape index (κ3) is 5.69. The topological polar surface area (TPSA) is 79.5 Å². The van der Waals surface area contributed by atoms with Crippen LogP contribution in [-0.2, 0) is 15.3 Å². The predicted molar refractivity (Wildman–Crippen MR) is 67.7 cm³/mol. The molecule has 1 aromatic rings. The van der Waals surface area contributed by atoms with E-state index >= 15 is 0 Å². The highest BCUT2D eigenvalue weighted by Crippen LogP contribution is 2.26. The molecule has 0 aromatic carbocycles. The highest BCUT2D eigenvalue weighted by molar-refractivity contribution is 8.76. The number of nitrogens with one attached hydrogen (secondary N) is 1. The smallest absolute Gasteiger partial charge is 0.327 e. The molecule has 0 saturated heterocycles. The normalized spacial score (nSPS) is 12.1. The van der Waals surface area contributed by atoms with Crippen LogP contribution in [0.25, 0.3) is 0 Å². The monoisotopic (exact) mass is 275 g/mol. The van der Waals surface area contributed by atoms with Crippen LogP contribution in [-0.4, -0.2) is 28.8 Å². The van der Waals surface area contributed by atoms with Crippen LogP contribution < -0.4 is 5.32 Å². The minimum atomic E-state index is -1.02. The molecule has 5 nitrogen and oxygen atoms in total. The molecule has 0 fully saturated rings. The van der Waals surface area contributed by atoms with Crippen LogP contribution in [0.4, 0.5) is 0 Å². The summed E-state index contributed by atoms with van der Waals surface area (Å²) in [6, 6.07) is 2.81. The molecule has 94 valence electrons. The van der Waals surface area contributed by atoms with E-state index in [0.717, 1.165) is 5.76 Å². The quantitative estimate of drug-likeness (QED) is 0.583. The number of carboxylic acids is 1. The van der Waals surface area contributed by atoms with Crippen LogP contribution in [0.2, 0.25) is 0 Å². The molecule has 1 aromatic heterocycles. The van der Waals surface area contributed by atoms with Gasteiger partial charge in [-0.3, -0.25) is 4.79 Å². The molecule has 0 aliphatic rings. The van der Waals surface area contributed by atoms with Gasteiger partial charge in [0.2, 0.25) is 5.91 Å². The van der Waals surface area contributed by atoms with Crippen LogP contribution in [0.5, 0.6) is 0 Å². The number of furan rings is 1. The predicted octanol–water partition coefficient (Wildman–Crippen LogP) is 1.75. The Labute approximate surface area is 107 Å². The number of amides is 1. The van der Waals surface area contributed by atoms with Crippen molar-refractivity contribution in [3.8, 4) is 0 Å². The van der Waals surface area contributed by atoms with Gasteiger partial charge in [-0.15, -0.1) is 0 Å². The van der Waals surface area contributed by atoms with Crippen molar-refractivity contribution in [3.63, 3.8) is 0 Å². The lowest BCUT2D eigenvalue weighted by Gasteiger charge is -2.11. The third-order valence-corrected chi connectivity index (χ3v) is 4.08. The van der Waals surface area contributed by atoms with Crippen molar-refractivity contribution in [1.29, 1.82) is 0 Å². The van der Waals surface area contributed by atoms with Gasteiger partial charge < -0.3 is 14.8 Å². The van der Waals surface area contributed by atoms with E-state index in [1.807, 2.05) is 6.07 Å². The molecule has 0 spiro atoms. The van der Waals surface area contributed by atoms with Gasteiger partial charge in [0.05, 0.1) is 12.0 Å². The zero-order valence-corrected chi connectivity index (χ0v) is 10.8. The number of aliphatic carboxylic acids is 1. The van der Waals surface area contributed by atoms with Crippen molar-refractivity contribution < 1.29 is 19.1 Å². The minimum Gasteiger partial charge on any atom is -0.480 e. The van der Waals surface area contributed by atoms with E-state index in [2.05, 4.69) is 5.32 Å². The lowest BCUT2D eigenvalue weighted by molar-refractivity contribution is -0.140. The first-order valence-corrected chi connectivity index (χ1v) is 7.35. The first kappa shape index (κ1) is 14.0. The van der Waals surface area contributed by atoms with Gasteiger partial charge >= 0.3 is 5.97 Å². The highest BCUT2D eigenvalue weighted by atomic mass is 33.1. The number of carboxylic acid groups (broad SMARTS) is 1. The van der Waals surface area contributed by atoms with E-state index in [1.165, 1.54) is 28.5 Å². The van der Waals surface area contributed by atoms with Crippen molar-refractivity contribution in [3.05, 3.63) is 24.2 Å². The van der Waals surface area contributed by atoms with Crippen molar-refractivity contribution in [2.24, 2.45) is 0 Å². The van der Waals surface area contributed by atoms with Crippen LogP contribution in [0.3, 0.4) is 0 Å². The summed E-state index contributed by atoms with van der Waals surface area (Å²) in [5.41, 5.74) is 0. The van der Waals surface area contributed by atoms with Crippen molar-refractivity contribution in [2.45, 2.75) is 18.7 Å². The Balaban J connectivity index is 2.23. The van der Waals surface area contributed by atoms with E-state index in [-0.39, 0.29) is 5.91 Å². The molecule has 1 atom stereocenters. The van der Waals surface area contributed by atoms with E-state index < -0.39 is 12.0 Å². The lowest BCUT2D eigenvalue weighted by atomic mass is 10.3. The molecule has 1 amide bonds. The average molecular weight is 275 g/mol. The fraction of sp³-hybridized carbons (Fsp3) is 0.400. The molecule has 0 aliphatic carbocycles. The Morgan fingerprint density at radius 3 is 2.82 bits per heavy atom. The largest absolute Gasteiger partial charge is 0.480 e. The van der Waals surface area contributed by atoms with Gasteiger partial charge in [0.25, 0.3) is 0 Å². The number of carbonyl (C=O) groups is 2. The van der Waals surface area contributed by atoms with Crippen LogP contribution >= 0.6 is 21.6 Å². The molecular weight excluding hydrogens is 262 g/mol. The van der Waals surface area contributed by atoms with Crippen molar-refractivity contribution in [1.82, 2.24) is 5.32 Å². The van der Waals surface area contributed by atoms with E-state index in [9.17, 15) is 9.59 Å².